The maximum absolute atomic E-state index is 6.86. The fraction of sp³-hybridized carbons (Fsp3) is 0.161. The molecule has 0 atom stereocenters. The van der Waals surface area contributed by atoms with Crippen LogP contribution in [0.2, 0.25) is 0 Å². The number of benzene rings is 10. The summed E-state index contributed by atoms with van der Waals surface area (Å²) in [7, 11) is 0. The van der Waals surface area contributed by atoms with Crippen molar-refractivity contribution in [1.82, 2.24) is 0 Å². The lowest BCUT2D eigenvalue weighted by Gasteiger charge is -2.32. The van der Waals surface area contributed by atoms with E-state index in [1.165, 1.54) is 106 Å². The van der Waals surface area contributed by atoms with Gasteiger partial charge >= 0.3 is 0 Å². The first-order valence-electron chi connectivity index (χ1n) is 24.1. The Morgan fingerprint density at radius 3 is 1.14 bits per heavy atom. The van der Waals surface area contributed by atoms with E-state index < -0.39 is 0 Å². The van der Waals surface area contributed by atoms with Crippen molar-refractivity contribution in [2.75, 3.05) is 9.80 Å². The molecule has 14 rings (SSSR count). The zero-order valence-electron chi connectivity index (χ0n) is 36.8. The number of anilines is 6. The van der Waals surface area contributed by atoms with Crippen molar-refractivity contribution >= 4 is 110 Å². The molecule has 4 heteroatoms. The summed E-state index contributed by atoms with van der Waals surface area (Å²) < 4.78 is 13.7. The first kappa shape index (κ1) is 37.8. The Labute approximate surface area is 383 Å². The molecule has 0 N–H and O–H groups in total. The predicted molar refractivity (Wildman–Crippen MR) is 276 cm³/mol. The highest BCUT2D eigenvalue weighted by molar-refractivity contribution is 6.30. The van der Waals surface area contributed by atoms with E-state index in [-0.39, 0.29) is 0 Å². The van der Waals surface area contributed by atoms with Crippen LogP contribution in [0.4, 0.5) is 34.1 Å². The standard InChI is InChI=1S/C62H48N2O2/c1-3-21-41(22-4-1)63(53-29-15-27-47-43-25-11-13-31-57(43)65-61(47)53)55-37-51(39-17-7-8-18-39)45-34-36-50-56(38-52(40-19-9-10-20-40)46-33-35-49(55)59(45)60(46)50)64(42-23-5-2-6-24-42)54-30-16-28-48-44-26-12-14-32-58(44)66-62(48)54/h1-6,11-16,21-40H,7-10,17-20H2. The number of fused-ring (bicyclic) bond motifs is 6. The third kappa shape index (κ3) is 5.70. The van der Waals surface area contributed by atoms with Crippen molar-refractivity contribution in [3.05, 3.63) is 193 Å². The number of rotatable bonds is 8. The average Bonchev–Trinajstić information content (AvgIpc) is 4.23. The summed E-state index contributed by atoms with van der Waals surface area (Å²) in [6.45, 7) is 0. The summed E-state index contributed by atoms with van der Waals surface area (Å²) in [5.74, 6) is 0.960. The molecule has 66 heavy (non-hydrogen) atoms. The van der Waals surface area contributed by atoms with Crippen LogP contribution in [0.15, 0.2) is 191 Å². The number of furan rings is 2. The van der Waals surface area contributed by atoms with Gasteiger partial charge in [-0.3, -0.25) is 0 Å². The predicted octanol–water partition coefficient (Wildman–Crippen LogP) is 18.6. The summed E-state index contributed by atoms with van der Waals surface area (Å²) in [5, 5.41) is 12.5. The molecular weight excluding hydrogens is 805 g/mol. The molecule has 0 amide bonds. The average molecular weight is 853 g/mol. The molecule has 2 fully saturated rings. The van der Waals surface area contributed by atoms with Gasteiger partial charge < -0.3 is 18.6 Å². The van der Waals surface area contributed by atoms with Crippen molar-refractivity contribution in [1.29, 1.82) is 0 Å². The van der Waals surface area contributed by atoms with Crippen LogP contribution < -0.4 is 9.80 Å². The summed E-state index contributed by atoms with van der Waals surface area (Å²) in [6.07, 6.45) is 9.86. The van der Waals surface area contributed by atoms with Gasteiger partial charge in [0.25, 0.3) is 0 Å². The van der Waals surface area contributed by atoms with Crippen LogP contribution in [-0.4, -0.2) is 0 Å². The molecule has 0 saturated heterocycles. The van der Waals surface area contributed by atoms with E-state index >= 15 is 0 Å². The number of nitrogens with zero attached hydrogens (tertiary/aromatic N) is 2. The van der Waals surface area contributed by atoms with Gasteiger partial charge in [-0.2, -0.15) is 0 Å². The highest BCUT2D eigenvalue weighted by Crippen LogP contribution is 2.54. The Bertz CT molecular complexity index is 3550. The molecule has 2 aromatic heterocycles. The molecule has 12 aromatic rings. The molecule has 2 aliphatic carbocycles. The van der Waals surface area contributed by atoms with Gasteiger partial charge in [0, 0.05) is 43.7 Å². The second-order valence-electron chi connectivity index (χ2n) is 18.8. The minimum absolute atomic E-state index is 0.480. The fourth-order valence-electron chi connectivity index (χ4n) is 12.3. The van der Waals surface area contributed by atoms with E-state index in [9.17, 15) is 0 Å². The van der Waals surface area contributed by atoms with E-state index in [1.807, 2.05) is 0 Å². The summed E-state index contributed by atoms with van der Waals surface area (Å²) in [5.41, 5.74) is 13.2. The first-order valence-corrected chi connectivity index (χ1v) is 24.1. The van der Waals surface area contributed by atoms with Crippen LogP contribution >= 0.6 is 0 Å². The van der Waals surface area contributed by atoms with Crippen molar-refractivity contribution < 1.29 is 8.83 Å². The van der Waals surface area contributed by atoms with Gasteiger partial charge in [-0.05, 0) is 131 Å². The van der Waals surface area contributed by atoms with Crippen molar-refractivity contribution in [2.45, 2.75) is 63.2 Å². The summed E-state index contributed by atoms with van der Waals surface area (Å²) in [4.78, 5) is 4.98. The van der Waals surface area contributed by atoms with Crippen molar-refractivity contribution in [3.63, 3.8) is 0 Å². The van der Waals surface area contributed by atoms with Crippen LogP contribution in [0.25, 0.3) is 76.2 Å². The van der Waals surface area contributed by atoms with Gasteiger partial charge in [-0.25, -0.2) is 0 Å². The van der Waals surface area contributed by atoms with E-state index in [2.05, 4.69) is 192 Å². The van der Waals surface area contributed by atoms with Gasteiger partial charge in [0.1, 0.15) is 11.2 Å². The lowest BCUT2D eigenvalue weighted by Crippen LogP contribution is -2.13. The van der Waals surface area contributed by atoms with Gasteiger partial charge in [-0.1, -0.05) is 147 Å². The number of hydrogen-bond acceptors (Lipinski definition) is 4. The van der Waals surface area contributed by atoms with E-state index in [1.54, 1.807) is 0 Å². The minimum Gasteiger partial charge on any atom is -0.454 e. The Hall–Kier alpha value is -7.56. The van der Waals surface area contributed by atoms with Crippen LogP contribution in [0.1, 0.15) is 74.3 Å². The van der Waals surface area contributed by atoms with Gasteiger partial charge in [0.05, 0.1) is 22.7 Å². The second-order valence-corrected chi connectivity index (χ2v) is 18.8. The molecule has 2 aliphatic rings. The van der Waals surface area contributed by atoms with E-state index in [0.29, 0.717) is 11.8 Å². The van der Waals surface area contributed by atoms with E-state index in [4.69, 9.17) is 8.83 Å². The normalized spacial score (nSPS) is 15.0. The summed E-state index contributed by atoms with van der Waals surface area (Å²) >= 11 is 0. The first-order chi connectivity index (χ1) is 32.8. The largest absolute Gasteiger partial charge is 0.454 e. The molecule has 0 aliphatic heterocycles. The summed E-state index contributed by atoms with van der Waals surface area (Å²) in [6, 6.07) is 67.1. The third-order valence-electron chi connectivity index (χ3n) is 15.3. The van der Waals surface area contributed by atoms with Crippen LogP contribution in [-0.2, 0) is 0 Å². The van der Waals surface area contributed by atoms with Crippen LogP contribution in [0.5, 0.6) is 0 Å². The molecule has 2 heterocycles. The molecule has 318 valence electrons. The lowest BCUT2D eigenvalue weighted by molar-refractivity contribution is 0.668. The van der Waals surface area contributed by atoms with E-state index in [0.717, 1.165) is 66.6 Å². The zero-order chi connectivity index (χ0) is 43.3. The Kier molecular flexibility index (Phi) is 8.59. The second kappa shape index (κ2) is 15.0. The van der Waals surface area contributed by atoms with Crippen molar-refractivity contribution in [2.24, 2.45) is 0 Å². The molecule has 0 radical (unpaired) electrons. The maximum Gasteiger partial charge on any atom is 0.159 e. The topological polar surface area (TPSA) is 32.8 Å². The smallest absolute Gasteiger partial charge is 0.159 e. The molecular formula is C62H48N2O2. The highest BCUT2D eigenvalue weighted by atomic mass is 16.3. The molecule has 4 nitrogen and oxygen atoms in total. The van der Waals surface area contributed by atoms with Crippen LogP contribution in [0.3, 0.4) is 0 Å². The molecule has 0 spiro atoms. The maximum atomic E-state index is 6.86. The number of para-hydroxylation sites is 6. The SMILES string of the molecule is c1ccc(N(c2cc(C3CCCC3)c3ccc4c(N(c5ccccc5)c5cccc6c5oc5ccccc56)cc(C5CCCC5)c5ccc2c3c54)c2cccc3c2oc2ccccc23)cc1. The molecule has 2 saturated carbocycles. The highest BCUT2D eigenvalue weighted by Gasteiger charge is 2.31. The Morgan fingerprint density at radius 1 is 0.318 bits per heavy atom. The number of hydrogen-bond donors (Lipinski definition) is 0. The molecule has 0 bridgehead atoms. The minimum atomic E-state index is 0.480. The van der Waals surface area contributed by atoms with Gasteiger partial charge in [0.2, 0.25) is 0 Å². The Morgan fingerprint density at radius 2 is 0.697 bits per heavy atom. The molecule has 10 aromatic carbocycles. The third-order valence-corrected chi connectivity index (χ3v) is 15.3. The van der Waals surface area contributed by atoms with Crippen LogP contribution in [0, 0.1) is 0 Å². The fourth-order valence-corrected chi connectivity index (χ4v) is 12.3. The lowest BCUT2D eigenvalue weighted by atomic mass is 9.82. The van der Waals surface area contributed by atoms with Gasteiger partial charge in [0.15, 0.2) is 11.2 Å². The monoisotopic (exact) mass is 852 g/mol. The Balaban J connectivity index is 1.11. The van der Waals surface area contributed by atoms with Crippen molar-refractivity contribution in [3.8, 4) is 0 Å². The quantitative estimate of drug-likeness (QED) is 0.143. The molecule has 0 unspecified atom stereocenters. The van der Waals surface area contributed by atoms with Gasteiger partial charge in [-0.15, -0.1) is 0 Å². The zero-order valence-corrected chi connectivity index (χ0v) is 36.8.